The van der Waals surface area contributed by atoms with E-state index in [1.807, 2.05) is 24.4 Å². The van der Waals surface area contributed by atoms with E-state index in [1.165, 1.54) is 11.3 Å². The second-order valence-electron chi connectivity index (χ2n) is 4.17. The first-order valence-corrected chi connectivity index (χ1v) is 6.58. The van der Waals surface area contributed by atoms with Crippen LogP contribution in [0.1, 0.15) is 12.5 Å². The van der Waals surface area contributed by atoms with Crippen LogP contribution in [0.2, 0.25) is 0 Å². The van der Waals surface area contributed by atoms with E-state index in [9.17, 15) is 5.11 Å². The maximum Gasteiger partial charge on any atom is 0.209 e. The molecule has 0 radical (unpaired) electrons. The number of nitrogens with two attached hydrogens (primary N) is 1. The summed E-state index contributed by atoms with van der Waals surface area (Å²) in [5.74, 6) is 0.0957. The van der Waals surface area contributed by atoms with E-state index < -0.39 is 0 Å². The largest absolute Gasteiger partial charge is 0.494 e. The van der Waals surface area contributed by atoms with Gasteiger partial charge >= 0.3 is 0 Å². The zero-order valence-corrected chi connectivity index (χ0v) is 11.0. The molecule has 2 aromatic heterocycles. The number of nitrogen functional groups attached to an aromatic ring is 1. The van der Waals surface area contributed by atoms with Gasteiger partial charge in [0.05, 0.1) is 11.3 Å². The number of hydrogen-bond acceptors (Lipinski definition) is 5. The number of nitrogens with one attached hydrogen (secondary N) is 1. The van der Waals surface area contributed by atoms with Crippen molar-refractivity contribution in [2.75, 3.05) is 5.73 Å². The fourth-order valence-electron chi connectivity index (χ4n) is 2.03. The predicted molar refractivity (Wildman–Crippen MR) is 78.4 cm³/mol. The van der Waals surface area contributed by atoms with Crippen LogP contribution in [0.5, 0.6) is 5.88 Å². The topological polar surface area (TPSA) is 87.3 Å². The molecule has 4 N–H and O–H groups in total. The third kappa shape index (κ3) is 2.06. The first-order chi connectivity index (χ1) is 9.15. The van der Waals surface area contributed by atoms with Gasteiger partial charge in [-0.25, -0.2) is 9.98 Å². The Hall–Kier alpha value is -2.34. The molecule has 0 saturated heterocycles. The lowest BCUT2D eigenvalue weighted by atomic mass is 10.1. The smallest absolute Gasteiger partial charge is 0.209 e. The van der Waals surface area contributed by atoms with Crippen LogP contribution < -0.4 is 5.73 Å². The quantitative estimate of drug-likeness (QED) is 0.495. The van der Waals surface area contributed by atoms with Gasteiger partial charge in [0.2, 0.25) is 5.13 Å². The lowest BCUT2D eigenvalue weighted by Crippen LogP contribution is -1.93. The van der Waals surface area contributed by atoms with Crippen LogP contribution in [-0.2, 0) is 0 Å². The van der Waals surface area contributed by atoms with Crippen molar-refractivity contribution in [3.63, 3.8) is 0 Å². The molecule has 3 aromatic rings. The first kappa shape index (κ1) is 11.7. The second-order valence-corrected chi connectivity index (χ2v) is 5.04. The van der Waals surface area contributed by atoms with Crippen LogP contribution in [0.4, 0.5) is 10.8 Å². The summed E-state index contributed by atoms with van der Waals surface area (Å²) in [6.45, 7) is 1.84. The van der Waals surface area contributed by atoms with Gasteiger partial charge in [0, 0.05) is 28.2 Å². The normalized spacial score (nSPS) is 12.2. The highest BCUT2D eigenvalue weighted by atomic mass is 32.1. The molecule has 0 spiro atoms. The molecular weight excluding hydrogens is 260 g/mol. The highest BCUT2D eigenvalue weighted by Gasteiger charge is 2.14. The number of rotatable bonds is 2. The van der Waals surface area contributed by atoms with Crippen LogP contribution >= 0.6 is 11.3 Å². The van der Waals surface area contributed by atoms with Crippen LogP contribution in [0, 0.1) is 0 Å². The summed E-state index contributed by atoms with van der Waals surface area (Å²) in [5, 5.41) is 13.4. The molecule has 0 amide bonds. The lowest BCUT2D eigenvalue weighted by Gasteiger charge is -1.99. The molecule has 6 heteroatoms. The van der Waals surface area contributed by atoms with Crippen LogP contribution in [0.25, 0.3) is 10.9 Å². The molecule has 5 nitrogen and oxygen atoms in total. The Morgan fingerprint density at radius 2 is 2.32 bits per heavy atom. The summed E-state index contributed by atoms with van der Waals surface area (Å²) in [4.78, 5) is 11.4. The van der Waals surface area contributed by atoms with Gasteiger partial charge in [-0.15, -0.1) is 11.3 Å². The predicted octanol–water partition coefficient (Wildman–Crippen LogP) is 3.05. The van der Waals surface area contributed by atoms with Crippen molar-refractivity contribution in [1.82, 2.24) is 9.97 Å². The van der Waals surface area contributed by atoms with E-state index in [0.29, 0.717) is 22.1 Å². The van der Waals surface area contributed by atoms with Crippen molar-refractivity contribution in [3.05, 3.63) is 35.3 Å². The summed E-state index contributed by atoms with van der Waals surface area (Å²) < 4.78 is 0. The van der Waals surface area contributed by atoms with Crippen LogP contribution in [-0.4, -0.2) is 20.8 Å². The maximum absolute atomic E-state index is 10.0. The number of aliphatic imine (C=N–C) groups is 1. The molecule has 0 unspecified atom stereocenters. The Bertz CT molecular complexity index is 758. The summed E-state index contributed by atoms with van der Waals surface area (Å²) >= 11 is 1.45. The van der Waals surface area contributed by atoms with Crippen molar-refractivity contribution in [2.45, 2.75) is 6.92 Å². The molecule has 2 heterocycles. The Labute approximate surface area is 113 Å². The van der Waals surface area contributed by atoms with Crippen molar-refractivity contribution >= 4 is 38.8 Å². The highest BCUT2D eigenvalue weighted by molar-refractivity contribution is 7.13. The number of benzene rings is 1. The van der Waals surface area contributed by atoms with Crippen LogP contribution in [0.3, 0.4) is 0 Å². The molecule has 0 aliphatic rings. The van der Waals surface area contributed by atoms with Gasteiger partial charge in [-0.1, -0.05) is 0 Å². The Balaban J connectivity index is 2.19. The maximum atomic E-state index is 10.0. The molecule has 19 heavy (non-hydrogen) atoms. The molecule has 0 aliphatic carbocycles. The standard InChI is InChI=1S/C13H12N4OS/c1-7(16-13-15-4-5-19-13)11-9-6-8(14)2-3-10(9)17-12(11)18/h2-6,17-18H,14H2,1H3. The average Bonchev–Trinajstić information content (AvgIpc) is 2.95. The monoisotopic (exact) mass is 272 g/mol. The van der Waals surface area contributed by atoms with E-state index in [-0.39, 0.29) is 5.88 Å². The number of anilines is 1. The van der Waals surface area contributed by atoms with E-state index in [0.717, 1.165) is 10.9 Å². The van der Waals surface area contributed by atoms with Gasteiger partial charge in [0.25, 0.3) is 0 Å². The summed E-state index contributed by atoms with van der Waals surface area (Å²) in [6.07, 6.45) is 1.70. The molecule has 0 fully saturated rings. The number of thiazole rings is 1. The first-order valence-electron chi connectivity index (χ1n) is 5.70. The minimum absolute atomic E-state index is 0.0957. The zero-order valence-electron chi connectivity index (χ0n) is 10.2. The fraction of sp³-hybridized carbons (Fsp3) is 0.0769. The van der Waals surface area contributed by atoms with E-state index in [2.05, 4.69) is 15.0 Å². The van der Waals surface area contributed by atoms with E-state index >= 15 is 0 Å². The number of nitrogens with zero attached hydrogens (tertiary/aromatic N) is 2. The molecule has 96 valence electrons. The van der Waals surface area contributed by atoms with Gasteiger partial charge in [-0.05, 0) is 25.1 Å². The molecule has 0 saturated carbocycles. The molecule has 0 aliphatic heterocycles. The third-order valence-corrected chi connectivity index (χ3v) is 3.51. The SMILES string of the molecule is CC(=Nc1nccs1)c1c(O)[nH]c2ccc(N)cc12. The number of H-pyrrole nitrogens is 1. The van der Waals surface area contributed by atoms with Crippen molar-refractivity contribution < 1.29 is 5.11 Å². The van der Waals surface area contributed by atoms with Gasteiger partial charge in [0.1, 0.15) is 0 Å². The van der Waals surface area contributed by atoms with Crippen LogP contribution in [0.15, 0.2) is 34.8 Å². The minimum Gasteiger partial charge on any atom is -0.494 e. The van der Waals surface area contributed by atoms with E-state index in [1.54, 1.807) is 12.3 Å². The van der Waals surface area contributed by atoms with E-state index in [4.69, 9.17) is 5.73 Å². The van der Waals surface area contributed by atoms with Gasteiger partial charge < -0.3 is 15.8 Å². The lowest BCUT2D eigenvalue weighted by molar-refractivity contribution is 0.457. The fourth-order valence-corrected chi connectivity index (χ4v) is 2.59. The number of aromatic hydroxyl groups is 1. The minimum atomic E-state index is 0.0957. The second kappa shape index (κ2) is 4.40. The Kier molecular flexibility index (Phi) is 2.72. The average molecular weight is 272 g/mol. The molecular formula is C13H12N4OS. The molecule has 0 atom stereocenters. The van der Waals surface area contributed by atoms with Gasteiger partial charge in [0.15, 0.2) is 5.88 Å². The third-order valence-electron chi connectivity index (χ3n) is 2.85. The van der Waals surface area contributed by atoms with Crippen molar-refractivity contribution in [3.8, 4) is 5.88 Å². The number of fused-ring (bicyclic) bond motifs is 1. The molecule has 3 rings (SSSR count). The number of aromatic nitrogens is 2. The summed E-state index contributed by atoms with van der Waals surface area (Å²) in [5.41, 5.74) is 8.63. The summed E-state index contributed by atoms with van der Waals surface area (Å²) in [7, 11) is 0. The summed E-state index contributed by atoms with van der Waals surface area (Å²) in [6, 6.07) is 5.45. The zero-order chi connectivity index (χ0) is 13.4. The Morgan fingerprint density at radius 3 is 3.05 bits per heavy atom. The van der Waals surface area contributed by atoms with Crippen molar-refractivity contribution in [1.29, 1.82) is 0 Å². The molecule has 1 aromatic carbocycles. The van der Waals surface area contributed by atoms with Crippen molar-refractivity contribution in [2.24, 2.45) is 4.99 Å². The number of aromatic amines is 1. The number of hydrogen-bond donors (Lipinski definition) is 3. The molecule has 0 bridgehead atoms. The van der Waals surface area contributed by atoms with Gasteiger partial charge in [-0.3, -0.25) is 0 Å². The van der Waals surface area contributed by atoms with Gasteiger partial charge in [-0.2, -0.15) is 0 Å². The highest BCUT2D eigenvalue weighted by Crippen LogP contribution is 2.30. The Morgan fingerprint density at radius 1 is 1.47 bits per heavy atom.